The highest BCUT2D eigenvalue weighted by molar-refractivity contribution is 5.98. The van der Waals surface area contributed by atoms with Crippen LogP contribution in [0.5, 0.6) is 0 Å². The molecule has 1 rings (SSSR count). The van der Waals surface area contributed by atoms with E-state index in [9.17, 15) is 9.59 Å². The fourth-order valence-corrected chi connectivity index (χ4v) is 1.17. The first-order chi connectivity index (χ1) is 8.08. The van der Waals surface area contributed by atoms with Crippen molar-refractivity contribution in [2.75, 3.05) is 7.11 Å². The van der Waals surface area contributed by atoms with Crippen LogP contribution < -0.4 is 0 Å². The highest BCUT2D eigenvalue weighted by Gasteiger charge is 2.09. The normalized spacial score (nSPS) is 10.5. The minimum atomic E-state index is -1.07. The average molecular weight is 231 g/mol. The van der Waals surface area contributed by atoms with Crippen molar-refractivity contribution in [3.63, 3.8) is 0 Å². The summed E-state index contributed by atoms with van der Waals surface area (Å²) in [6, 6.07) is 7.59. The van der Waals surface area contributed by atoms with Gasteiger partial charge in [-0.3, -0.25) is 0 Å². The molecular formula is C12H9NO4. The first-order valence-electron chi connectivity index (χ1n) is 4.62. The van der Waals surface area contributed by atoms with Gasteiger partial charge < -0.3 is 9.84 Å². The molecular weight excluding hydrogens is 222 g/mol. The largest absolute Gasteiger partial charge is 0.478 e. The molecule has 1 N–H and O–H groups in total. The van der Waals surface area contributed by atoms with Gasteiger partial charge >= 0.3 is 11.9 Å². The van der Waals surface area contributed by atoms with Gasteiger partial charge in [0.1, 0.15) is 11.6 Å². The van der Waals surface area contributed by atoms with Gasteiger partial charge in [0.15, 0.2) is 0 Å². The lowest BCUT2D eigenvalue weighted by Gasteiger charge is -1.99. The maximum absolute atomic E-state index is 11.1. The van der Waals surface area contributed by atoms with Crippen LogP contribution in [0.3, 0.4) is 0 Å². The predicted molar refractivity (Wildman–Crippen MR) is 59.0 cm³/mol. The summed E-state index contributed by atoms with van der Waals surface area (Å²) in [7, 11) is 1.17. The summed E-state index contributed by atoms with van der Waals surface area (Å²) in [6.07, 6.45) is 1.28. The third-order valence-corrected chi connectivity index (χ3v) is 1.97. The lowest BCUT2D eigenvalue weighted by atomic mass is 10.1. The molecule has 0 aliphatic carbocycles. The summed E-state index contributed by atoms with van der Waals surface area (Å²) in [5.74, 6) is -1.83. The van der Waals surface area contributed by atoms with E-state index in [1.165, 1.54) is 31.4 Å². The number of nitriles is 1. The number of hydrogen-bond donors (Lipinski definition) is 1. The number of nitrogens with zero attached hydrogens (tertiary/aromatic N) is 1. The highest BCUT2D eigenvalue weighted by atomic mass is 16.5. The number of hydrogen-bond acceptors (Lipinski definition) is 4. The van der Waals surface area contributed by atoms with E-state index in [4.69, 9.17) is 10.4 Å². The minimum absolute atomic E-state index is 0.0842. The SMILES string of the molecule is COC(=O)/C(C#N)=C/c1cccc(C(=O)O)c1. The molecule has 1 aromatic carbocycles. The van der Waals surface area contributed by atoms with Crippen LogP contribution in [-0.2, 0) is 9.53 Å². The van der Waals surface area contributed by atoms with Gasteiger partial charge in [0.2, 0.25) is 0 Å². The van der Waals surface area contributed by atoms with Gasteiger partial charge in [0.05, 0.1) is 12.7 Å². The van der Waals surface area contributed by atoms with Crippen LogP contribution >= 0.6 is 0 Å². The van der Waals surface area contributed by atoms with Gasteiger partial charge in [0, 0.05) is 0 Å². The molecule has 0 aliphatic rings. The van der Waals surface area contributed by atoms with Crippen molar-refractivity contribution < 1.29 is 19.4 Å². The Morgan fingerprint density at radius 1 is 1.47 bits per heavy atom. The first kappa shape index (κ1) is 12.5. The molecule has 0 aromatic heterocycles. The molecule has 0 unspecified atom stereocenters. The number of rotatable bonds is 3. The number of carboxylic acids is 1. The fourth-order valence-electron chi connectivity index (χ4n) is 1.17. The van der Waals surface area contributed by atoms with Crippen molar-refractivity contribution in [3.05, 3.63) is 41.0 Å². The second-order valence-electron chi connectivity index (χ2n) is 3.09. The Bertz CT molecular complexity index is 526. The second kappa shape index (κ2) is 5.47. The highest BCUT2D eigenvalue weighted by Crippen LogP contribution is 2.10. The van der Waals surface area contributed by atoms with Crippen molar-refractivity contribution in [2.24, 2.45) is 0 Å². The Morgan fingerprint density at radius 2 is 2.18 bits per heavy atom. The fraction of sp³-hybridized carbons (Fsp3) is 0.0833. The Morgan fingerprint density at radius 3 is 2.71 bits per heavy atom. The molecule has 0 aliphatic heterocycles. The summed E-state index contributed by atoms with van der Waals surface area (Å²) in [5.41, 5.74) is 0.350. The van der Waals surface area contributed by atoms with Gasteiger partial charge in [-0.25, -0.2) is 9.59 Å². The average Bonchev–Trinajstić information content (AvgIpc) is 2.35. The monoisotopic (exact) mass is 231 g/mol. The van der Waals surface area contributed by atoms with E-state index in [0.717, 1.165) is 0 Å². The summed E-state index contributed by atoms with van der Waals surface area (Å²) in [5, 5.41) is 17.5. The van der Waals surface area contributed by atoms with Crippen LogP contribution in [0, 0.1) is 11.3 Å². The number of methoxy groups -OCH3 is 1. The third kappa shape index (κ3) is 3.18. The number of carbonyl (C=O) groups excluding carboxylic acids is 1. The summed E-state index contributed by atoms with van der Waals surface area (Å²) in [6.45, 7) is 0. The number of aromatic carboxylic acids is 1. The molecule has 5 heteroatoms. The Hall–Kier alpha value is -2.61. The number of esters is 1. The van der Waals surface area contributed by atoms with E-state index < -0.39 is 11.9 Å². The molecule has 0 heterocycles. The Balaban J connectivity index is 3.13. The lowest BCUT2D eigenvalue weighted by molar-refractivity contribution is -0.135. The zero-order chi connectivity index (χ0) is 12.8. The van der Waals surface area contributed by atoms with Crippen molar-refractivity contribution in [3.8, 4) is 6.07 Å². The van der Waals surface area contributed by atoms with Crippen molar-refractivity contribution >= 4 is 18.0 Å². The molecule has 17 heavy (non-hydrogen) atoms. The molecule has 0 amide bonds. The molecule has 0 bridgehead atoms. The van der Waals surface area contributed by atoms with Crippen LogP contribution in [0.4, 0.5) is 0 Å². The van der Waals surface area contributed by atoms with Gasteiger partial charge in [-0.05, 0) is 23.8 Å². The molecule has 1 aromatic rings. The summed E-state index contributed by atoms with van der Waals surface area (Å²) < 4.78 is 4.41. The van der Waals surface area contributed by atoms with E-state index in [1.807, 2.05) is 0 Å². The van der Waals surface area contributed by atoms with Gasteiger partial charge in [-0.15, -0.1) is 0 Å². The number of ether oxygens (including phenoxy) is 1. The molecule has 0 saturated carbocycles. The van der Waals surface area contributed by atoms with Crippen molar-refractivity contribution in [1.82, 2.24) is 0 Å². The number of benzene rings is 1. The Kier molecular flexibility index (Phi) is 4.01. The molecule has 0 saturated heterocycles. The minimum Gasteiger partial charge on any atom is -0.478 e. The summed E-state index contributed by atoms with van der Waals surface area (Å²) in [4.78, 5) is 21.9. The maximum atomic E-state index is 11.1. The predicted octanol–water partition coefficient (Wildman–Crippen LogP) is 1.46. The second-order valence-corrected chi connectivity index (χ2v) is 3.09. The van der Waals surface area contributed by atoms with Crippen molar-refractivity contribution in [2.45, 2.75) is 0 Å². The van der Waals surface area contributed by atoms with E-state index in [0.29, 0.717) is 5.56 Å². The molecule has 0 fully saturated rings. The molecule has 0 radical (unpaired) electrons. The molecule has 0 spiro atoms. The zero-order valence-electron chi connectivity index (χ0n) is 9.01. The van der Waals surface area contributed by atoms with Crippen LogP contribution in [0.1, 0.15) is 15.9 Å². The van der Waals surface area contributed by atoms with Gasteiger partial charge in [-0.2, -0.15) is 5.26 Å². The van der Waals surface area contributed by atoms with Gasteiger partial charge in [-0.1, -0.05) is 12.1 Å². The number of carboxylic acid groups (broad SMARTS) is 1. The third-order valence-electron chi connectivity index (χ3n) is 1.97. The lowest BCUT2D eigenvalue weighted by Crippen LogP contribution is -2.02. The zero-order valence-corrected chi connectivity index (χ0v) is 9.01. The molecule has 5 nitrogen and oxygen atoms in total. The smallest absolute Gasteiger partial charge is 0.348 e. The van der Waals surface area contributed by atoms with Crippen LogP contribution in [0.25, 0.3) is 6.08 Å². The van der Waals surface area contributed by atoms with E-state index in [1.54, 1.807) is 12.1 Å². The summed E-state index contributed by atoms with van der Waals surface area (Å²) >= 11 is 0. The van der Waals surface area contributed by atoms with E-state index >= 15 is 0 Å². The van der Waals surface area contributed by atoms with Gasteiger partial charge in [0.25, 0.3) is 0 Å². The molecule has 0 atom stereocenters. The maximum Gasteiger partial charge on any atom is 0.348 e. The number of carbonyl (C=O) groups is 2. The Labute approximate surface area is 97.6 Å². The van der Waals surface area contributed by atoms with Crippen LogP contribution in [-0.4, -0.2) is 24.2 Å². The quantitative estimate of drug-likeness (QED) is 0.483. The van der Waals surface area contributed by atoms with E-state index in [-0.39, 0.29) is 11.1 Å². The van der Waals surface area contributed by atoms with Crippen molar-refractivity contribution in [1.29, 1.82) is 5.26 Å². The van der Waals surface area contributed by atoms with Crippen LogP contribution in [0.2, 0.25) is 0 Å². The molecule has 86 valence electrons. The topological polar surface area (TPSA) is 87.4 Å². The first-order valence-corrected chi connectivity index (χ1v) is 4.62. The van der Waals surface area contributed by atoms with Crippen LogP contribution in [0.15, 0.2) is 29.8 Å². The standard InChI is InChI=1S/C12H9NO4/c1-17-12(16)10(7-13)6-8-3-2-4-9(5-8)11(14)15/h2-6H,1H3,(H,14,15)/b10-6+. The van der Waals surface area contributed by atoms with E-state index in [2.05, 4.69) is 4.74 Å².